The monoisotopic (exact) mass is 348 g/mol. The predicted octanol–water partition coefficient (Wildman–Crippen LogP) is 1.48. The molecule has 2 rings (SSSR count). The second kappa shape index (κ2) is 10.1. The Balaban J connectivity index is 1.86. The quantitative estimate of drug-likeness (QED) is 0.445. The molecule has 2 unspecified atom stereocenters. The number of carbonyl (C=O) groups excluding carboxylic acids is 1. The third-order valence-electron chi connectivity index (χ3n) is 4.72. The number of amides is 1. The fourth-order valence-electron chi connectivity index (χ4n) is 3.03. The van der Waals surface area contributed by atoms with Crippen LogP contribution < -0.4 is 10.6 Å². The number of rotatable bonds is 7. The summed E-state index contributed by atoms with van der Waals surface area (Å²) in [4.78, 5) is 17.9. The van der Waals surface area contributed by atoms with Gasteiger partial charge in [-0.15, -0.1) is 0 Å². The van der Waals surface area contributed by atoms with E-state index in [1.54, 1.807) is 25.2 Å². The van der Waals surface area contributed by atoms with E-state index in [0.717, 1.165) is 31.9 Å². The highest BCUT2D eigenvalue weighted by atomic mass is 16.2. The first kappa shape index (κ1) is 19.3. The average Bonchev–Trinajstić information content (AvgIpc) is 3.11. The van der Waals surface area contributed by atoms with Gasteiger partial charge in [-0.25, -0.2) is 4.99 Å². The molecule has 0 aromatic carbocycles. The standard InChI is InChI=1S/C18H32N6O/c1-15-8-4-5-9-16(15)22-18(20-14-17(25)23(2)3)19-10-6-12-24-13-7-11-21-24/h7,11,13,15-16H,4-6,8-10,12,14H2,1-3H3,(H2,19,20,22). The van der Waals surface area contributed by atoms with Gasteiger partial charge in [0.1, 0.15) is 6.54 Å². The Morgan fingerprint density at radius 1 is 1.36 bits per heavy atom. The molecule has 2 N–H and O–H groups in total. The lowest BCUT2D eigenvalue weighted by Gasteiger charge is -2.31. The van der Waals surface area contributed by atoms with E-state index in [-0.39, 0.29) is 12.5 Å². The van der Waals surface area contributed by atoms with E-state index in [0.29, 0.717) is 12.0 Å². The van der Waals surface area contributed by atoms with Crippen molar-refractivity contribution in [2.75, 3.05) is 27.2 Å². The maximum atomic E-state index is 11.8. The highest BCUT2D eigenvalue weighted by molar-refractivity contribution is 5.84. The normalized spacial score (nSPS) is 21.0. The third-order valence-corrected chi connectivity index (χ3v) is 4.72. The molecule has 1 aliphatic carbocycles. The Hall–Kier alpha value is -2.05. The molecule has 1 fully saturated rings. The smallest absolute Gasteiger partial charge is 0.243 e. The zero-order valence-electron chi connectivity index (χ0n) is 15.7. The number of aromatic nitrogens is 2. The van der Waals surface area contributed by atoms with Gasteiger partial charge in [-0.1, -0.05) is 19.8 Å². The van der Waals surface area contributed by atoms with E-state index in [9.17, 15) is 4.79 Å². The van der Waals surface area contributed by atoms with Crippen LogP contribution in [0.15, 0.2) is 23.5 Å². The van der Waals surface area contributed by atoms with Crippen LogP contribution in [0.4, 0.5) is 0 Å². The van der Waals surface area contributed by atoms with E-state index < -0.39 is 0 Å². The van der Waals surface area contributed by atoms with Gasteiger partial charge in [0.2, 0.25) is 5.91 Å². The van der Waals surface area contributed by atoms with Gasteiger partial charge in [0.25, 0.3) is 0 Å². The van der Waals surface area contributed by atoms with E-state index in [1.807, 2.05) is 16.9 Å². The molecule has 1 heterocycles. The van der Waals surface area contributed by atoms with Crippen LogP contribution in [0.25, 0.3) is 0 Å². The van der Waals surface area contributed by atoms with Crippen LogP contribution >= 0.6 is 0 Å². The number of nitrogens with zero attached hydrogens (tertiary/aromatic N) is 4. The van der Waals surface area contributed by atoms with Crippen LogP contribution in [-0.2, 0) is 11.3 Å². The number of hydrogen-bond donors (Lipinski definition) is 2. The van der Waals surface area contributed by atoms with Crippen molar-refractivity contribution in [1.29, 1.82) is 0 Å². The summed E-state index contributed by atoms with van der Waals surface area (Å²) in [5.74, 6) is 1.39. The largest absolute Gasteiger partial charge is 0.356 e. The van der Waals surface area contributed by atoms with Crippen LogP contribution in [0, 0.1) is 5.92 Å². The van der Waals surface area contributed by atoms with Crippen LogP contribution in [0.2, 0.25) is 0 Å². The van der Waals surface area contributed by atoms with E-state index in [1.165, 1.54) is 19.3 Å². The molecule has 7 heteroatoms. The third kappa shape index (κ3) is 6.76. The number of carbonyl (C=O) groups is 1. The van der Waals surface area contributed by atoms with Crippen molar-refractivity contribution >= 4 is 11.9 Å². The van der Waals surface area contributed by atoms with E-state index in [2.05, 4.69) is 27.6 Å². The molecule has 0 bridgehead atoms. The maximum Gasteiger partial charge on any atom is 0.243 e. The van der Waals surface area contributed by atoms with Crippen molar-refractivity contribution in [1.82, 2.24) is 25.3 Å². The Kier molecular flexibility index (Phi) is 7.76. The van der Waals surface area contributed by atoms with E-state index >= 15 is 0 Å². The Morgan fingerprint density at radius 2 is 2.16 bits per heavy atom. The molecular weight excluding hydrogens is 316 g/mol. The summed E-state index contributed by atoms with van der Waals surface area (Å²) in [7, 11) is 3.51. The fourth-order valence-corrected chi connectivity index (χ4v) is 3.03. The molecule has 0 saturated heterocycles. The van der Waals surface area contributed by atoms with Gasteiger partial charge in [-0.2, -0.15) is 5.10 Å². The summed E-state index contributed by atoms with van der Waals surface area (Å²) in [5, 5.41) is 11.1. The minimum atomic E-state index is 0.00864. The van der Waals surface area contributed by atoms with Gasteiger partial charge in [0.05, 0.1) is 0 Å². The minimum absolute atomic E-state index is 0.00864. The van der Waals surface area contributed by atoms with Gasteiger partial charge in [0.15, 0.2) is 5.96 Å². The number of likely N-dealkylation sites (N-methyl/N-ethyl adjacent to an activating group) is 1. The Labute approximate surface area is 150 Å². The molecule has 1 aliphatic rings. The first-order chi connectivity index (χ1) is 12.1. The lowest BCUT2D eigenvalue weighted by molar-refractivity contribution is -0.127. The molecule has 140 valence electrons. The van der Waals surface area contributed by atoms with Crippen molar-refractivity contribution in [3.8, 4) is 0 Å². The van der Waals surface area contributed by atoms with Gasteiger partial charge >= 0.3 is 0 Å². The maximum absolute atomic E-state index is 11.8. The molecule has 1 aromatic rings. The van der Waals surface area contributed by atoms with Crippen molar-refractivity contribution < 1.29 is 4.79 Å². The van der Waals surface area contributed by atoms with Crippen LogP contribution in [0.3, 0.4) is 0 Å². The lowest BCUT2D eigenvalue weighted by atomic mass is 9.86. The van der Waals surface area contributed by atoms with Gasteiger partial charge < -0.3 is 15.5 Å². The lowest BCUT2D eigenvalue weighted by Crippen LogP contribution is -2.47. The van der Waals surface area contributed by atoms with Crippen LogP contribution in [0.5, 0.6) is 0 Å². The molecule has 1 amide bonds. The SMILES string of the molecule is CC1CCCCC1NC(=NCC(=O)N(C)C)NCCCn1cccn1. The second-order valence-corrected chi connectivity index (χ2v) is 7.02. The molecule has 1 saturated carbocycles. The molecule has 1 aromatic heterocycles. The molecule has 7 nitrogen and oxygen atoms in total. The van der Waals surface area contributed by atoms with Crippen molar-refractivity contribution in [3.05, 3.63) is 18.5 Å². The molecule has 0 radical (unpaired) electrons. The highest BCUT2D eigenvalue weighted by Crippen LogP contribution is 2.23. The topological polar surface area (TPSA) is 74.6 Å². The van der Waals surface area contributed by atoms with Crippen molar-refractivity contribution in [3.63, 3.8) is 0 Å². The highest BCUT2D eigenvalue weighted by Gasteiger charge is 2.22. The number of hydrogen-bond acceptors (Lipinski definition) is 3. The van der Waals surface area contributed by atoms with Crippen molar-refractivity contribution in [2.24, 2.45) is 10.9 Å². The van der Waals surface area contributed by atoms with Gasteiger partial charge in [-0.05, 0) is 31.2 Å². The predicted molar refractivity (Wildman–Crippen MR) is 100 cm³/mol. The molecule has 0 aliphatic heterocycles. The molecule has 2 atom stereocenters. The first-order valence-corrected chi connectivity index (χ1v) is 9.28. The van der Waals surface area contributed by atoms with Gasteiger partial charge in [-0.3, -0.25) is 9.48 Å². The second-order valence-electron chi connectivity index (χ2n) is 7.02. The number of aryl methyl sites for hydroxylation is 1. The van der Waals surface area contributed by atoms with Crippen LogP contribution in [0.1, 0.15) is 39.0 Å². The minimum Gasteiger partial charge on any atom is -0.356 e. The molecular formula is C18H32N6O. The van der Waals surface area contributed by atoms with Crippen LogP contribution in [-0.4, -0.2) is 59.8 Å². The van der Waals surface area contributed by atoms with E-state index in [4.69, 9.17) is 0 Å². The summed E-state index contributed by atoms with van der Waals surface area (Å²) in [6.45, 7) is 4.12. The number of aliphatic imine (C=N–C) groups is 1. The number of nitrogens with one attached hydrogen (secondary N) is 2. The summed E-state index contributed by atoms with van der Waals surface area (Å²) in [6.07, 6.45) is 9.68. The molecule has 0 spiro atoms. The van der Waals surface area contributed by atoms with Crippen molar-refractivity contribution in [2.45, 2.75) is 51.6 Å². The zero-order chi connectivity index (χ0) is 18.1. The zero-order valence-corrected chi connectivity index (χ0v) is 15.7. The summed E-state index contributed by atoms with van der Waals surface area (Å²) >= 11 is 0. The average molecular weight is 348 g/mol. The fraction of sp³-hybridized carbons (Fsp3) is 0.722. The van der Waals surface area contributed by atoms with Gasteiger partial charge in [0, 0.05) is 45.6 Å². The Bertz CT molecular complexity index is 540. The number of guanidine groups is 1. The molecule has 25 heavy (non-hydrogen) atoms. The Morgan fingerprint density at radius 3 is 2.84 bits per heavy atom. The first-order valence-electron chi connectivity index (χ1n) is 9.28. The summed E-state index contributed by atoms with van der Waals surface area (Å²) in [5.41, 5.74) is 0. The summed E-state index contributed by atoms with van der Waals surface area (Å²) < 4.78 is 1.92. The summed E-state index contributed by atoms with van der Waals surface area (Å²) in [6, 6.07) is 2.36.